The summed E-state index contributed by atoms with van der Waals surface area (Å²) in [5, 5.41) is 9.22. The van der Waals surface area contributed by atoms with Gasteiger partial charge in [-0.15, -0.1) is 10.2 Å². The van der Waals surface area contributed by atoms with E-state index in [0.29, 0.717) is 16.7 Å². The molecule has 0 saturated carbocycles. The van der Waals surface area contributed by atoms with E-state index in [4.69, 9.17) is 4.74 Å². The molecule has 0 fully saturated rings. The third kappa shape index (κ3) is 3.70. The number of carbonyl (C=O) groups is 1. The Kier molecular flexibility index (Phi) is 5.24. The van der Waals surface area contributed by atoms with Crippen LogP contribution in [-0.4, -0.2) is 26.8 Å². The van der Waals surface area contributed by atoms with Crippen LogP contribution in [0, 0.1) is 13.8 Å². The Morgan fingerprint density at radius 1 is 1.10 bits per heavy atom. The van der Waals surface area contributed by atoms with Crippen LogP contribution in [0.3, 0.4) is 0 Å². The Hall–Kier alpha value is -2.93. The zero-order valence-corrected chi connectivity index (χ0v) is 17.7. The van der Waals surface area contributed by atoms with Crippen molar-refractivity contribution in [3.63, 3.8) is 0 Å². The molecule has 1 aliphatic rings. The van der Waals surface area contributed by atoms with Crippen LogP contribution in [0.15, 0.2) is 47.6 Å². The van der Waals surface area contributed by atoms with Gasteiger partial charge in [-0.05, 0) is 31.7 Å². The zero-order chi connectivity index (χ0) is 20.5. The van der Waals surface area contributed by atoms with Crippen LogP contribution in [0.5, 0.6) is 5.88 Å². The first-order chi connectivity index (χ1) is 14.0. The number of rotatable bonds is 3. The largest absolute Gasteiger partial charge is 0.447 e. The molecule has 3 aromatic rings. The van der Waals surface area contributed by atoms with E-state index < -0.39 is 6.23 Å². The molecule has 0 radical (unpaired) electrons. The van der Waals surface area contributed by atoms with E-state index in [0.717, 1.165) is 33.7 Å². The van der Waals surface area contributed by atoms with Crippen LogP contribution in [0.2, 0.25) is 0 Å². The van der Waals surface area contributed by atoms with Crippen LogP contribution in [0.1, 0.15) is 36.8 Å². The first kappa shape index (κ1) is 19.4. The van der Waals surface area contributed by atoms with E-state index in [2.05, 4.69) is 15.2 Å². The maximum atomic E-state index is 12.8. The van der Waals surface area contributed by atoms with E-state index in [1.54, 1.807) is 11.8 Å². The maximum Gasteiger partial charge on any atom is 0.247 e. The van der Waals surface area contributed by atoms with Gasteiger partial charge in [-0.3, -0.25) is 9.69 Å². The minimum Gasteiger partial charge on any atom is -0.447 e. The second kappa shape index (κ2) is 7.83. The minimum atomic E-state index is -0.646. The number of hydrogen-bond acceptors (Lipinski definition) is 6. The summed E-state index contributed by atoms with van der Waals surface area (Å²) in [6.07, 6.45) is -0.646. The molecule has 1 amide bonds. The number of hydrogen-bond donors (Lipinski definition) is 0. The Bertz CT molecular complexity index is 1070. The van der Waals surface area contributed by atoms with Gasteiger partial charge in [-0.25, -0.2) is 0 Å². The third-order valence-electron chi connectivity index (χ3n) is 4.73. The van der Waals surface area contributed by atoms with Crippen molar-refractivity contribution in [1.82, 2.24) is 15.2 Å². The van der Waals surface area contributed by atoms with Crippen molar-refractivity contribution in [1.29, 1.82) is 0 Å². The Labute approximate surface area is 174 Å². The van der Waals surface area contributed by atoms with Crippen LogP contribution in [-0.2, 0) is 4.79 Å². The molecule has 0 aliphatic carbocycles. The number of carbonyl (C=O) groups excluding carboxylic acids is 1. The molecule has 0 spiro atoms. The summed E-state index contributed by atoms with van der Waals surface area (Å²) in [4.78, 5) is 19.0. The molecule has 1 unspecified atom stereocenters. The minimum absolute atomic E-state index is 0.121. The molecular weight excluding hydrogens is 384 g/mol. The summed E-state index contributed by atoms with van der Waals surface area (Å²) in [5.41, 5.74) is 5.13. The lowest BCUT2D eigenvalue weighted by atomic mass is 10.0. The lowest BCUT2D eigenvalue weighted by Gasteiger charge is -2.30. The molecule has 0 saturated heterocycles. The number of benzene rings is 2. The summed E-state index contributed by atoms with van der Waals surface area (Å²) in [5.74, 6) is 1.10. The Balaban J connectivity index is 1.96. The lowest BCUT2D eigenvalue weighted by Crippen LogP contribution is -2.36. The predicted molar refractivity (Wildman–Crippen MR) is 114 cm³/mol. The number of nitrogens with zero attached hydrogens (tertiary/aromatic N) is 4. The second-order valence-electron chi connectivity index (χ2n) is 6.97. The highest BCUT2D eigenvalue weighted by atomic mass is 32.2. The SMILES string of the molecule is CCSc1nnc2c(n1)OC(c1ccc(C)cc1)N(C(C)=O)c1ccc(C)cc1-2. The summed E-state index contributed by atoms with van der Waals surface area (Å²) in [6.45, 7) is 7.61. The van der Waals surface area contributed by atoms with Gasteiger partial charge < -0.3 is 4.74 Å². The monoisotopic (exact) mass is 406 g/mol. The van der Waals surface area contributed by atoms with Crippen molar-refractivity contribution in [2.45, 2.75) is 39.1 Å². The van der Waals surface area contributed by atoms with Crippen molar-refractivity contribution in [3.8, 4) is 17.1 Å². The van der Waals surface area contributed by atoms with Crippen molar-refractivity contribution in [2.24, 2.45) is 0 Å². The number of fused-ring (bicyclic) bond motifs is 3. The smallest absolute Gasteiger partial charge is 0.247 e. The van der Waals surface area contributed by atoms with Gasteiger partial charge >= 0.3 is 0 Å². The normalized spacial score (nSPS) is 15.2. The molecule has 1 aliphatic heterocycles. The predicted octanol–water partition coefficient (Wildman–Crippen LogP) is 4.71. The average molecular weight is 407 g/mol. The highest BCUT2D eigenvalue weighted by molar-refractivity contribution is 7.99. The molecule has 2 aromatic carbocycles. The molecule has 4 rings (SSSR count). The van der Waals surface area contributed by atoms with Gasteiger partial charge in [0.1, 0.15) is 0 Å². The van der Waals surface area contributed by atoms with Crippen molar-refractivity contribution in [2.75, 3.05) is 10.7 Å². The lowest BCUT2D eigenvalue weighted by molar-refractivity contribution is -0.118. The number of aryl methyl sites for hydroxylation is 2. The summed E-state index contributed by atoms with van der Waals surface area (Å²) < 4.78 is 6.34. The molecule has 1 aromatic heterocycles. The molecule has 1 atom stereocenters. The number of aromatic nitrogens is 3. The fourth-order valence-corrected chi connectivity index (χ4v) is 3.86. The van der Waals surface area contributed by atoms with Crippen molar-refractivity contribution in [3.05, 3.63) is 59.2 Å². The quantitative estimate of drug-likeness (QED) is 0.587. The van der Waals surface area contributed by atoms with Gasteiger partial charge in [-0.1, -0.05) is 60.1 Å². The van der Waals surface area contributed by atoms with Crippen molar-refractivity contribution >= 4 is 23.4 Å². The van der Waals surface area contributed by atoms with E-state index in [1.165, 1.54) is 11.8 Å². The molecule has 6 nitrogen and oxygen atoms in total. The molecule has 0 N–H and O–H groups in total. The topological polar surface area (TPSA) is 68.2 Å². The number of thioether (sulfide) groups is 1. The van der Waals surface area contributed by atoms with E-state index in [9.17, 15) is 4.79 Å². The molecule has 0 bridgehead atoms. The second-order valence-corrected chi connectivity index (χ2v) is 8.20. The molecular formula is C22H22N4O2S. The number of ether oxygens (including phenoxy) is 1. The van der Waals surface area contributed by atoms with Crippen LogP contribution >= 0.6 is 11.8 Å². The van der Waals surface area contributed by atoms with Crippen LogP contribution < -0.4 is 9.64 Å². The van der Waals surface area contributed by atoms with Gasteiger partial charge in [-0.2, -0.15) is 4.98 Å². The maximum absolute atomic E-state index is 12.8. The van der Waals surface area contributed by atoms with Crippen molar-refractivity contribution < 1.29 is 9.53 Å². The molecule has 7 heteroatoms. The van der Waals surface area contributed by atoms with Crippen LogP contribution in [0.4, 0.5) is 5.69 Å². The highest BCUT2D eigenvalue weighted by Crippen LogP contribution is 2.43. The first-order valence-electron chi connectivity index (χ1n) is 9.49. The molecule has 29 heavy (non-hydrogen) atoms. The van der Waals surface area contributed by atoms with E-state index in [1.807, 2.05) is 63.2 Å². The first-order valence-corrected chi connectivity index (χ1v) is 10.5. The average Bonchev–Trinajstić information content (AvgIpc) is 2.83. The van der Waals surface area contributed by atoms with Crippen LogP contribution in [0.25, 0.3) is 11.3 Å². The van der Waals surface area contributed by atoms with Gasteiger partial charge in [0.2, 0.25) is 23.2 Å². The Morgan fingerprint density at radius 2 is 1.83 bits per heavy atom. The van der Waals surface area contributed by atoms with Gasteiger partial charge in [0.15, 0.2) is 5.69 Å². The number of anilines is 1. The fourth-order valence-electron chi connectivity index (χ4n) is 3.36. The van der Waals surface area contributed by atoms with Gasteiger partial charge in [0.05, 0.1) is 5.69 Å². The molecule has 148 valence electrons. The highest BCUT2D eigenvalue weighted by Gasteiger charge is 2.34. The summed E-state index contributed by atoms with van der Waals surface area (Å²) in [6, 6.07) is 13.9. The fraction of sp³-hybridized carbons (Fsp3) is 0.273. The van der Waals surface area contributed by atoms with E-state index >= 15 is 0 Å². The number of amides is 1. The van der Waals surface area contributed by atoms with Gasteiger partial charge in [0, 0.05) is 18.1 Å². The zero-order valence-electron chi connectivity index (χ0n) is 16.8. The summed E-state index contributed by atoms with van der Waals surface area (Å²) in [7, 11) is 0. The Morgan fingerprint density at radius 3 is 2.52 bits per heavy atom. The van der Waals surface area contributed by atoms with Gasteiger partial charge in [0.25, 0.3) is 0 Å². The third-order valence-corrected chi connectivity index (χ3v) is 5.45. The standard InChI is InChI=1S/C22H22N4O2S/c1-5-29-22-23-20-19(24-25-22)17-12-14(3)8-11-18(17)26(15(4)27)21(28-20)16-9-6-13(2)7-10-16/h6-12,21H,5H2,1-4H3. The molecule has 2 heterocycles. The summed E-state index contributed by atoms with van der Waals surface area (Å²) >= 11 is 1.50. The van der Waals surface area contributed by atoms with E-state index in [-0.39, 0.29) is 5.91 Å².